The van der Waals surface area contributed by atoms with E-state index in [1.807, 2.05) is 6.92 Å². The summed E-state index contributed by atoms with van der Waals surface area (Å²) in [5.74, 6) is -0.0654. The van der Waals surface area contributed by atoms with E-state index in [1.165, 1.54) is 44.9 Å². The van der Waals surface area contributed by atoms with Gasteiger partial charge in [0.1, 0.15) is 0 Å². The molecule has 0 aromatic heterocycles. The monoisotopic (exact) mass is 340 g/mol. The van der Waals surface area contributed by atoms with Crippen LogP contribution in [0.1, 0.15) is 104 Å². The van der Waals surface area contributed by atoms with Gasteiger partial charge >= 0.3 is 5.97 Å². The quantitative estimate of drug-likeness (QED) is 0.202. The van der Waals surface area contributed by atoms with Crippen LogP contribution >= 0.6 is 0 Å². The molecule has 0 aromatic carbocycles. The minimum absolute atomic E-state index is 0.0654. The van der Waals surface area contributed by atoms with Crippen molar-refractivity contribution in [2.45, 2.75) is 110 Å². The Balaban J connectivity index is 3.29. The lowest BCUT2D eigenvalue weighted by molar-refractivity contribution is -0.143. The van der Waals surface area contributed by atoms with Crippen molar-refractivity contribution >= 4 is 5.97 Å². The molecule has 3 heteroatoms. The van der Waals surface area contributed by atoms with Crippen molar-refractivity contribution < 1.29 is 14.6 Å². The number of carbonyl (C=O) groups is 1. The summed E-state index contributed by atoms with van der Waals surface area (Å²) in [6.45, 7) is 4.56. The molecule has 0 aliphatic rings. The van der Waals surface area contributed by atoms with Gasteiger partial charge in [-0.25, -0.2) is 0 Å². The fourth-order valence-corrected chi connectivity index (χ4v) is 2.77. The smallest absolute Gasteiger partial charge is 0.305 e. The third kappa shape index (κ3) is 17.5. The van der Waals surface area contributed by atoms with E-state index in [4.69, 9.17) is 4.74 Å². The van der Waals surface area contributed by atoms with E-state index in [1.54, 1.807) is 0 Å². The molecule has 24 heavy (non-hydrogen) atoms. The van der Waals surface area contributed by atoms with Crippen LogP contribution in [0.4, 0.5) is 0 Å². The molecule has 0 saturated carbocycles. The Morgan fingerprint density at radius 1 is 0.917 bits per heavy atom. The molecule has 1 N–H and O–H groups in total. The van der Waals surface area contributed by atoms with Crippen LogP contribution in [0, 0.1) is 0 Å². The number of unbranched alkanes of at least 4 members (excludes halogenated alkanes) is 9. The van der Waals surface area contributed by atoms with E-state index in [0.29, 0.717) is 13.0 Å². The lowest BCUT2D eigenvalue weighted by Gasteiger charge is -2.07. The van der Waals surface area contributed by atoms with Crippen LogP contribution in [0.5, 0.6) is 0 Å². The maximum atomic E-state index is 11.2. The second-order valence-corrected chi connectivity index (χ2v) is 6.68. The zero-order valence-electron chi connectivity index (χ0n) is 16.1. The van der Waals surface area contributed by atoms with Crippen LogP contribution in [-0.4, -0.2) is 23.8 Å². The summed E-state index contributed by atoms with van der Waals surface area (Å²) in [5, 5.41) is 9.90. The van der Waals surface area contributed by atoms with Crippen LogP contribution in [0.15, 0.2) is 12.2 Å². The Morgan fingerprint density at radius 3 is 2.33 bits per heavy atom. The lowest BCUT2D eigenvalue weighted by atomic mass is 10.1. The highest BCUT2D eigenvalue weighted by Gasteiger charge is 2.01. The zero-order chi connectivity index (χ0) is 17.9. The molecule has 1 atom stereocenters. The lowest BCUT2D eigenvalue weighted by Crippen LogP contribution is -2.04. The molecule has 0 spiro atoms. The molecule has 0 aliphatic carbocycles. The van der Waals surface area contributed by atoms with Gasteiger partial charge in [0.15, 0.2) is 0 Å². The molecule has 0 amide bonds. The van der Waals surface area contributed by atoms with Gasteiger partial charge in [-0.2, -0.15) is 0 Å². The normalized spacial score (nSPS) is 12.6. The van der Waals surface area contributed by atoms with Gasteiger partial charge in [0.05, 0.1) is 12.7 Å². The highest BCUT2D eigenvalue weighted by Crippen LogP contribution is 2.11. The van der Waals surface area contributed by atoms with Crippen LogP contribution in [0.3, 0.4) is 0 Å². The van der Waals surface area contributed by atoms with Gasteiger partial charge < -0.3 is 9.84 Å². The molecule has 3 nitrogen and oxygen atoms in total. The van der Waals surface area contributed by atoms with Gasteiger partial charge in [0.25, 0.3) is 0 Å². The van der Waals surface area contributed by atoms with E-state index in [9.17, 15) is 9.90 Å². The first-order valence-electron chi connectivity index (χ1n) is 10.2. The average Bonchev–Trinajstić information content (AvgIpc) is 2.56. The summed E-state index contributed by atoms with van der Waals surface area (Å²) in [6, 6.07) is 0. The molecule has 0 heterocycles. The van der Waals surface area contributed by atoms with Crippen LogP contribution in [-0.2, 0) is 9.53 Å². The predicted molar refractivity (Wildman–Crippen MR) is 102 cm³/mol. The minimum atomic E-state index is -0.161. The van der Waals surface area contributed by atoms with Gasteiger partial charge in [-0.15, -0.1) is 0 Å². The number of aliphatic hydroxyl groups excluding tert-OH is 1. The summed E-state index contributed by atoms with van der Waals surface area (Å²) in [7, 11) is 0. The van der Waals surface area contributed by atoms with Crippen LogP contribution in [0.25, 0.3) is 0 Å². The average molecular weight is 341 g/mol. The molecule has 0 unspecified atom stereocenters. The van der Waals surface area contributed by atoms with Crippen molar-refractivity contribution in [3.63, 3.8) is 0 Å². The van der Waals surface area contributed by atoms with E-state index >= 15 is 0 Å². The topological polar surface area (TPSA) is 46.5 Å². The van der Waals surface area contributed by atoms with E-state index in [-0.39, 0.29) is 12.1 Å². The molecule has 0 radical (unpaired) electrons. The third-order valence-corrected chi connectivity index (χ3v) is 4.27. The fourth-order valence-electron chi connectivity index (χ4n) is 2.77. The number of rotatable bonds is 17. The summed E-state index contributed by atoms with van der Waals surface area (Å²) < 4.78 is 4.91. The van der Waals surface area contributed by atoms with Gasteiger partial charge in [0, 0.05) is 6.42 Å². The van der Waals surface area contributed by atoms with Gasteiger partial charge in [-0.05, 0) is 39.0 Å². The fraction of sp³-hybridized carbons (Fsp3) is 0.857. The molecule has 0 fully saturated rings. The maximum Gasteiger partial charge on any atom is 0.305 e. The Hall–Kier alpha value is -0.830. The van der Waals surface area contributed by atoms with Crippen LogP contribution < -0.4 is 0 Å². The number of allylic oxidation sites excluding steroid dienone is 1. The summed E-state index contributed by atoms with van der Waals surface area (Å²) in [5.41, 5.74) is 0. The second-order valence-electron chi connectivity index (χ2n) is 6.68. The van der Waals surface area contributed by atoms with Crippen molar-refractivity contribution in [3.8, 4) is 0 Å². The number of aliphatic hydroxyl groups is 1. The Morgan fingerprint density at radius 2 is 1.58 bits per heavy atom. The maximum absolute atomic E-state index is 11.2. The number of hydrogen-bond acceptors (Lipinski definition) is 3. The summed E-state index contributed by atoms with van der Waals surface area (Å²) in [6.07, 6.45) is 19.5. The van der Waals surface area contributed by atoms with Gasteiger partial charge in [-0.1, -0.05) is 70.4 Å². The molecule has 0 aromatic rings. The Kier molecular flexibility index (Phi) is 17.9. The number of ether oxygens (including phenoxy) is 1. The molecule has 0 rings (SSSR count). The molecule has 142 valence electrons. The Bertz CT molecular complexity index is 299. The highest BCUT2D eigenvalue weighted by atomic mass is 16.5. The summed E-state index contributed by atoms with van der Waals surface area (Å²) >= 11 is 0. The summed E-state index contributed by atoms with van der Waals surface area (Å²) in [4.78, 5) is 11.2. The van der Waals surface area contributed by atoms with Crippen LogP contribution in [0.2, 0.25) is 0 Å². The largest absolute Gasteiger partial charge is 0.466 e. The number of esters is 1. The molecule has 0 aliphatic heterocycles. The highest BCUT2D eigenvalue weighted by molar-refractivity contribution is 5.69. The molecular formula is C21H40O3. The van der Waals surface area contributed by atoms with Crippen molar-refractivity contribution in [1.29, 1.82) is 0 Å². The first-order chi connectivity index (χ1) is 11.7. The van der Waals surface area contributed by atoms with Crippen molar-refractivity contribution in [1.82, 2.24) is 0 Å². The zero-order valence-corrected chi connectivity index (χ0v) is 16.1. The number of hydrogen-bond donors (Lipinski definition) is 1. The van der Waals surface area contributed by atoms with Crippen molar-refractivity contribution in [2.24, 2.45) is 0 Å². The van der Waals surface area contributed by atoms with Crippen molar-refractivity contribution in [2.75, 3.05) is 6.61 Å². The second kappa shape index (κ2) is 18.5. The predicted octanol–water partition coefficient (Wildman–Crippen LogP) is 5.95. The third-order valence-electron chi connectivity index (χ3n) is 4.27. The molecular weight excluding hydrogens is 300 g/mol. The Labute approximate surface area is 149 Å². The molecule has 0 saturated heterocycles. The van der Waals surface area contributed by atoms with E-state index < -0.39 is 0 Å². The SMILES string of the molecule is CCCCCCC[C@@H](O)C/C=C/CCCCCCCC(=O)OCC. The van der Waals surface area contributed by atoms with Gasteiger partial charge in [-0.3, -0.25) is 4.79 Å². The first kappa shape index (κ1) is 23.2. The minimum Gasteiger partial charge on any atom is -0.466 e. The van der Waals surface area contributed by atoms with Gasteiger partial charge in [0.2, 0.25) is 0 Å². The van der Waals surface area contributed by atoms with E-state index in [0.717, 1.165) is 38.5 Å². The van der Waals surface area contributed by atoms with E-state index in [2.05, 4.69) is 19.1 Å². The number of carbonyl (C=O) groups excluding carboxylic acids is 1. The standard InChI is InChI=1S/C21H40O3/c1-3-5-6-11-14-17-20(22)18-15-12-9-7-8-10-13-16-19-21(23)24-4-2/h12,15,20,22H,3-11,13-14,16-19H2,1-2H3/b15-12+/t20-/m1/s1. The van der Waals surface area contributed by atoms with Crippen molar-refractivity contribution in [3.05, 3.63) is 12.2 Å². The first-order valence-corrected chi connectivity index (χ1v) is 10.2. The molecule has 0 bridgehead atoms.